The summed E-state index contributed by atoms with van der Waals surface area (Å²) >= 11 is 0. The van der Waals surface area contributed by atoms with Crippen molar-refractivity contribution in [3.8, 4) is 0 Å². The topological polar surface area (TPSA) is 42.7 Å². The molecule has 0 amide bonds. The Morgan fingerprint density at radius 1 is 1.62 bits per heavy atom. The first kappa shape index (κ1) is 10.2. The number of hydrogen-bond donors (Lipinski definition) is 1. The van der Waals surface area contributed by atoms with Crippen molar-refractivity contribution in [2.24, 2.45) is 7.05 Å². The van der Waals surface area contributed by atoms with Gasteiger partial charge < -0.3 is 5.32 Å². The van der Waals surface area contributed by atoms with Crippen molar-refractivity contribution < 1.29 is 0 Å². The van der Waals surface area contributed by atoms with Crippen LogP contribution in [0.5, 0.6) is 0 Å². The fourth-order valence-electron chi connectivity index (χ4n) is 1.38. The van der Waals surface area contributed by atoms with Gasteiger partial charge in [-0.2, -0.15) is 0 Å². The van der Waals surface area contributed by atoms with Gasteiger partial charge in [0.15, 0.2) is 0 Å². The number of aromatic nitrogens is 3. The van der Waals surface area contributed by atoms with Crippen LogP contribution in [0.2, 0.25) is 0 Å². The molecule has 4 nitrogen and oxygen atoms in total. The quantitative estimate of drug-likeness (QED) is 0.730. The van der Waals surface area contributed by atoms with Crippen LogP contribution in [-0.4, -0.2) is 28.1 Å². The molecule has 0 bridgehead atoms. The highest BCUT2D eigenvalue weighted by Crippen LogP contribution is 2.03. The van der Waals surface area contributed by atoms with E-state index in [1.165, 1.54) is 0 Å². The molecule has 0 radical (unpaired) electrons. The molecule has 0 aliphatic rings. The van der Waals surface area contributed by atoms with E-state index in [-0.39, 0.29) is 0 Å². The minimum atomic E-state index is 0.599. The molecular formula is C9H18N4. The van der Waals surface area contributed by atoms with Crippen molar-refractivity contribution in [1.82, 2.24) is 20.3 Å². The molecule has 1 unspecified atom stereocenters. The van der Waals surface area contributed by atoms with E-state index in [9.17, 15) is 0 Å². The first-order valence-corrected chi connectivity index (χ1v) is 4.78. The maximum absolute atomic E-state index is 4.04. The maximum Gasteiger partial charge on any atom is 0.0827 e. The van der Waals surface area contributed by atoms with Crippen LogP contribution in [0.15, 0.2) is 6.20 Å². The minimum Gasteiger partial charge on any atom is -0.317 e. The third-order valence-corrected chi connectivity index (χ3v) is 2.30. The van der Waals surface area contributed by atoms with Crippen LogP contribution in [0.1, 0.15) is 25.5 Å². The Hall–Kier alpha value is -0.900. The SMILES string of the molecule is CCC(CCc1cn(C)nn1)NC. The monoisotopic (exact) mass is 182 g/mol. The highest BCUT2D eigenvalue weighted by atomic mass is 15.4. The number of nitrogens with one attached hydrogen (secondary N) is 1. The molecule has 1 aromatic heterocycles. The second-order valence-electron chi connectivity index (χ2n) is 3.32. The maximum atomic E-state index is 4.04. The first-order valence-electron chi connectivity index (χ1n) is 4.78. The molecule has 13 heavy (non-hydrogen) atoms. The number of aryl methyl sites for hydroxylation is 2. The number of rotatable bonds is 5. The van der Waals surface area contributed by atoms with Crippen LogP contribution in [0, 0.1) is 0 Å². The molecule has 0 saturated heterocycles. The Balaban J connectivity index is 2.33. The lowest BCUT2D eigenvalue weighted by Crippen LogP contribution is -2.24. The standard InChI is InChI=1S/C9H18N4/c1-4-8(10-2)5-6-9-7-13(3)12-11-9/h7-8,10H,4-6H2,1-3H3. The van der Waals surface area contributed by atoms with Gasteiger partial charge in [-0.15, -0.1) is 5.10 Å². The Labute approximate surface area is 79.3 Å². The fraction of sp³-hybridized carbons (Fsp3) is 0.778. The normalized spacial score (nSPS) is 13.2. The van der Waals surface area contributed by atoms with Gasteiger partial charge in [-0.1, -0.05) is 12.1 Å². The molecule has 0 saturated carbocycles. The van der Waals surface area contributed by atoms with E-state index in [1.807, 2.05) is 20.3 Å². The highest BCUT2D eigenvalue weighted by Gasteiger charge is 2.04. The molecule has 0 spiro atoms. The Morgan fingerprint density at radius 3 is 2.85 bits per heavy atom. The lowest BCUT2D eigenvalue weighted by molar-refractivity contribution is 0.506. The van der Waals surface area contributed by atoms with E-state index < -0.39 is 0 Å². The van der Waals surface area contributed by atoms with Gasteiger partial charge in [-0.25, -0.2) is 0 Å². The molecule has 4 heteroatoms. The minimum absolute atomic E-state index is 0.599. The summed E-state index contributed by atoms with van der Waals surface area (Å²) in [4.78, 5) is 0. The summed E-state index contributed by atoms with van der Waals surface area (Å²) in [6, 6.07) is 0.599. The molecule has 1 heterocycles. The molecule has 1 aromatic rings. The molecule has 0 aromatic carbocycles. The van der Waals surface area contributed by atoms with E-state index in [1.54, 1.807) is 4.68 Å². The van der Waals surface area contributed by atoms with E-state index >= 15 is 0 Å². The van der Waals surface area contributed by atoms with Gasteiger partial charge in [-0.3, -0.25) is 4.68 Å². The zero-order valence-corrected chi connectivity index (χ0v) is 8.62. The lowest BCUT2D eigenvalue weighted by atomic mass is 10.1. The summed E-state index contributed by atoms with van der Waals surface area (Å²) in [5.41, 5.74) is 1.08. The predicted molar refractivity (Wildman–Crippen MR) is 52.5 cm³/mol. The predicted octanol–water partition coefficient (Wildman–Crippen LogP) is 0.746. The number of hydrogen-bond acceptors (Lipinski definition) is 3. The van der Waals surface area contributed by atoms with Crippen molar-refractivity contribution >= 4 is 0 Å². The molecule has 0 aliphatic heterocycles. The van der Waals surface area contributed by atoms with E-state index in [4.69, 9.17) is 0 Å². The van der Waals surface area contributed by atoms with Crippen molar-refractivity contribution in [2.45, 2.75) is 32.2 Å². The molecule has 1 N–H and O–H groups in total. The average Bonchev–Trinajstić information content (AvgIpc) is 2.53. The van der Waals surface area contributed by atoms with Gasteiger partial charge in [0.2, 0.25) is 0 Å². The van der Waals surface area contributed by atoms with Crippen molar-refractivity contribution in [2.75, 3.05) is 7.05 Å². The van der Waals surface area contributed by atoms with Crippen LogP contribution < -0.4 is 5.32 Å². The fourth-order valence-corrected chi connectivity index (χ4v) is 1.38. The molecule has 74 valence electrons. The molecule has 1 rings (SSSR count). The van der Waals surface area contributed by atoms with Gasteiger partial charge in [0.05, 0.1) is 5.69 Å². The van der Waals surface area contributed by atoms with Gasteiger partial charge in [0.1, 0.15) is 0 Å². The summed E-state index contributed by atoms with van der Waals surface area (Å²) in [5.74, 6) is 0. The van der Waals surface area contributed by atoms with Crippen molar-refractivity contribution in [3.63, 3.8) is 0 Å². The summed E-state index contributed by atoms with van der Waals surface area (Å²) < 4.78 is 1.75. The average molecular weight is 182 g/mol. The van der Waals surface area contributed by atoms with Gasteiger partial charge in [0.25, 0.3) is 0 Å². The Kier molecular flexibility index (Phi) is 3.89. The van der Waals surface area contributed by atoms with Crippen LogP contribution in [0.3, 0.4) is 0 Å². The van der Waals surface area contributed by atoms with Crippen LogP contribution in [0.4, 0.5) is 0 Å². The smallest absolute Gasteiger partial charge is 0.0827 e. The van der Waals surface area contributed by atoms with Crippen molar-refractivity contribution in [3.05, 3.63) is 11.9 Å². The number of nitrogens with zero attached hydrogens (tertiary/aromatic N) is 3. The van der Waals surface area contributed by atoms with E-state index in [0.717, 1.165) is 25.0 Å². The summed E-state index contributed by atoms with van der Waals surface area (Å²) in [6.45, 7) is 2.19. The summed E-state index contributed by atoms with van der Waals surface area (Å²) in [5, 5.41) is 11.2. The van der Waals surface area contributed by atoms with Crippen LogP contribution in [-0.2, 0) is 13.5 Å². The second kappa shape index (κ2) is 4.97. The third-order valence-electron chi connectivity index (χ3n) is 2.30. The van der Waals surface area contributed by atoms with Crippen LogP contribution >= 0.6 is 0 Å². The zero-order valence-electron chi connectivity index (χ0n) is 8.62. The zero-order chi connectivity index (χ0) is 9.68. The molecular weight excluding hydrogens is 164 g/mol. The Morgan fingerprint density at radius 2 is 2.38 bits per heavy atom. The molecule has 1 atom stereocenters. The summed E-state index contributed by atoms with van der Waals surface area (Å²) in [6.07, 6.45) is 5.28. The molecule has 0 fully saturated rings. The lowest BCUT2D eigenvalue weighted by Gasteiger charge is -2.11. The highest BCUT2D eigenvalue weighted by molar-refractivity contribution is 4.92. The molecule has 0 aliphatic carbocycles. The van der Waals surface area contributed by atoms with Crippen LogP contribution in [0.25, 0.3) is 0 Å². The third kappa shape index (κ3) is 3.14. The Bertz CT molecular complexity index is 240. The second-order valence-corrected chi connectivity index (χ2v) is 3.32. The van der Waals surface area contributed by atoms with Gasteiger partial charge in [0, 0.05) is 19.3 Å². The van der Waals surface area contributed by atoms with E-state index in [2.05, 4.69) is 22.6 Å². The summed E-state index contributed by atoms with van der Waals surface area (Å²) in [7, 11) is 3.90. The van der Waals surface area contributed by atoms with E-state index in [0.29, 0.717) is 6.04 Å². The van der Waals surface area contributed by atoms with Gasteiger partial charge >= 0.3 is 0 Å². The largest absolute Gasteiger partial charge is 0.317 e. The first-order chi connectivity index (χ1) is 6.26. The van der Waals surface area contributed by atoms with Crippen molar-refractivity contribution in [1.29, 1.82) is 0 Å². The van der Waals surface area contributed by atoms with Gasteiger partial charge in [-0.05, 0) is 26.3 Å².